The van der Waals surface area contributed by atoms with Crippen molar-refractivity contribution in [3.8, 4) is 0 Å². The molecule has 1 fully saturated rings. The van der Waals surface area contributed by atoms with Crippen LogP contribution in [0, 0.1) is 17.8 Å². The third-order valence-electron chi connectivity index (χ3n) is 3.11. The number of halogens is 1. The minimum atomic E-state index is -1.66. The summed E-state index contributed by atoms with van der Waals surface area (Å²) >= 11 is 0. The highest BCUT2D eigenvalue weighted by Gasteiger charge is 2.35. The van der Waals surface area contributed by atoms with Gasteiger partial charge in [-0.3, -0.25) is 0 Å². The van der Waals surface area contributed by atoms with Crippen molar-refractivity contribution in [2.75, 3.05) is 0 Å². The van der Waals surface area contributed by atoms with Gasteiger partial charge in [-0.25, -0.2) is 9.18 Å². The van der Waals surface area contributed by atoms with E-state index < -0.39 is 12.1 Å². The number of alkyl halides is 1. The van der Waals surface area contributed by atoms with Crippen LogP contribution in [0.2, 0.25) is 0 Å². The SMILES string of the molecule is CC1CCC(C(F)C(=O)O)C(C)C1. The number of carboxylic acids is 1. The Kier molecular flexibility index (Phi) is 3.28. The molecule has 0 aliphatic heterocycles. The summed E-state index contributed by atoms with van der Waals surface area (Å²) in [5.41, 5.74) is 0. The first-order valence-corrected chi connectivity index (χ1v) is 4.89. The zero-order valence-electron chi connectivity index (χ0n) is 8.16. The van der Waals surface area contributed by atoms with E-state index in [0.717, 1.165) is 19.3 Å². The largest absolute Gasteiger partial charge is 0.479 e. The first-order chi connectivity index (χ1) is 6.02. The average Bonchev–Trinajstić information content (AvgIpc) is 2.03. The first-order valence-electron chi connectivity index (χ1n) is 4.89. The molecule has 76 valence electrons. The van der Waals surface area contributed by atoms with Crippen LogP contribution in [0.5, 0.6) is 0 Å². The third-order valence-corrected chi connectivity index (χ3v) is 3.11. The van der Waals surface area contributed by atoms with Gasteiger partial charge < -0.3 is 5.11 Å². The fourth-order valence-electron chi connectivity index (χ4n) is 2.31. The number of aliphatic carboxylic acids is 1. The Balaban J connectivity index is 2.55. The van der Waals surface area contributed by atoms with Gasteiger partial charge in [0, 0.05) is 5.92 Å². The van der Waals surface area contributed by atoms with Crippen molar-refractivity contribution in [1.29, 1.82) is 0 Å². The van der Waals surface area contributed by atoms with Crippen LogP contribution in [0.1, 0.15) is 33.1 Å². The van der Waals surface area contributed by atoms with Crippen molar-refractivity contribution in [2.24, 2.45) is 17.8 Å². The number of carboxylic acid groups (broad SMARTS) is 1. The Morgan fingerprint density at radius 1 is 1.46 bits per heavy atom. The number of hydrogen-bond donors (Lipinski definition) is 1. The minimum absolute atomic E-state index is 0.204. The second-order valence-corrected chi connectivity index (χ2v) is 4.30. The second kappa shape index (κ2) is 4.07. The van der Waals surface area contributed by atoms with Crippen molar-refractivity contribution in [3.05, 3.63) is 0 Å². The summed E-state index contributed by atoms with van der Waals surface area (Å²) in [6.45, 7) is 4.09. The van der Waals surface area contributed by atoms with Crippen LogP contribution in [0.4, 0.5) is 4.39 Å². The van der Waals surface area contributed by atoms with Crippen LogP contribution in [0.25, 0.3) is 0 Å². The Labute approximate surface area is 78.1 Å². The van der Waals surface area contributed by atoms with Crippen LogP contribution in [0.3, 0.4) is 0 Å². The highest BCUT2D eigenvalue weighted by atomic mass is 19.1. The zero-order valence-corrected chi connectivity index (χ0v) is 8.16. The van der Waals surface area contributed by atoms with Gasteiger partial charge in [0.15, 0.2) is 6.17 Å². The lowest BCUT2D eigenvalue weighted by Gasteiger charge is -2.33. The Hall–Kier alpha value is -0.600. The molecule has 0 aromatic rings. The Bertz CT molecular complexity index is 193. The molecule has 0 heterocycles. The summed E-state index contributed by atoms with van der Waals surface area (Å²) < 4.78 is 13.2. The maximum atomic E-state index is 13.2. The summed E-state index contributed by atoms with van der Waals surface area (Å²) in [4.78, 5) is 10.5. The van der Waals surface area contributed by atoms with Gasteiger partial charge in [-0.2, -0.15) is 0 Å². The van der Waals surface area contributed by atoms with E-state index in [9.17, 15) is 9.18 Å². The first kappa shape index (κ1) is 10.5. The highest BCUT2D eigenvalue weighted by Crippen LogP contribution is 2.36. The van der Waals surface area contributed by atoms with Gasteiger partial charge in [-0.1, -0.05) is 20.3 Å². The molecule has 1 N–H and O–H groups in total. The van der Waals surface area contributed by atoms with Gasteiger partial charge >= 0.3 is 5.97 Å². The molecular formula is C10H17FO2. The molecule has 1 aliphatic carbocycles. The van der Waals surface area contributed by atoms with Crippen molar-refractivity contribution in [1.82, 2.24) is 0 Å². The van der Waals surface area contributed by atoms with Crippen molar-refractivity contribution < 1.29 is 14.3 Å². The number of rotatable bonds is 2. The molecule has 4 unspecified atom stereocenters. The maximum Gasteiger partial charge on any atom is 0.338 e. The fourth-order valence-corrected chi connectivity index (χ4v) is 2.31. The monoisotopic (exact) mass is 188 g/mol. The quantitative estimate of drug-likeness (QED) is 0.722. The van der Waals surface area contributed by atoms with Crippen LogP contribution in [-0.4, -0.2) is 17.2 Å². The molecule has 0 aromatic heterocycles. The predicted molar refractivity (Wildman–Crippen MR) is 48.2 cm³/mol. The molecule has 0 aromatic carbocycles. The fraction of sp³-hybridized carbons (Fsp3) is 0.900. The smallest absolute Gasteiger partial charge is 0.338 e. The van der Waals surface area contributed by atoms with E-state index in [1.54, 1.807) is 0 Å². The van der Waals surface area contributed by atoms with E-state index in [1.165, 1.54) is 0 Å². The van der Waals surface area contributed by atoms with Crippen LogP contribution >= 0.6 is 0 Å². The van der Waals surface area contributed by atoms with E-state index in [1.807, 2.05) is 6.92 Å². The summed E-state index contributed by atoms with van der Waals surface area (Å²) in [6.07, 6.45) is 0.971. The number of hydrogen-bond acceptors (Lipinski definition) is 1. The lowest BCUT2D eigenvalue weighted by molar-refractivity contribution is -0.146. The van der Waals surface area contributed by atoms with Crippen molar-refractivity contribution in [2.45, 2.75) is 39.3 Å². The zero-order chi connectivity index (χ0) is 10.0. The molecule has 0 amide bonds. The normalized spacial score (nSPS) is 37.0. The molecule has 1 rings (SSSR count). The summed E-state index contributed by atoms with van der Waals surface area (Å²) in [7, 11) is 0. The van der Waals surface area contributed by atoms with Gasteiger partial charge in [0.2, 0.25) is 0 Å². The highest BCUT2D eigenvalue weighted by molar-refractivity contribution is 5.72. The van der Waals surface area contributed by atoms with Gasteiger partial charge in [0.25, 0.3) is 0 Å². The minimum Gasteiger partial charge on any atom is -0.479 e. The third kappa shape index (κ3) is 2.42. The molecule has 0 saturated heterocycles. The van der Waals surface area contributed by atoms with Gasteiger partial charge in [-0.15, -0.1) is 0 Å². The summed E-state index contributed by atoms with van der Waals surface area (Å²) in [5.74, 6) is -0.748. The molecule has 1 aliphatic rings. The molecule has 0 spiro atoms. The summed E-state index contributed by atoms with van der Waals surface area (Å²) in [6, 6.07) is 0. The molecule has 13 heavy (non-hydrogen) atoms. The Morgan fingerprint density at radius 2 is 2.08 bits per heavy atom. The average molecular weight is 188 g/mol. The lowest BCUT2D eigenvalue weighted by Crippen LogP contribution is -2.33. The molecule has 2 nitrogen and oxygen atoms in total. The van der Waals surface area contributed by atoms with Crippen LogP contribution in [0.15, 0.2) is 0 Å². The maximum absolute atomic E-state index is 13.2. The van der Waals surface area contributed by atoms with Crippen LogP contribution < -0.4 is 0 Å². The van der Waals surface area contributed by atoms with Gasteiger partial charge in [-0.05, 0) is 24.7 Å². The number of carbonyl (C=O) groups is 1. The van der Waals surface area contributed by atoms with Crippen molar-refractivity contribution in [3.63, 3.8) is 0 Å². The molecular weight excluding hydrogens is 171 g/mol. The van der Waals surface area contributed by atoms with E-state index in [-0.39, 0.29) is 11.8 Å². The van der Waals surface area contributed by atoms with E-state index >= 15 is 0 Å². The standard InChI is InChI=1S/C10H17FO2/c1-6-3-4-8(7(2)5-6)9(11)10(12)13/h6-9H,3-5H2,1-2H3,(H,12,13). The second-order valence-electron chi connectivity index (χ2n) is 4.30. The van der Waals surface area contributed by atoms with E-state index in [0.29, 0.717) is 5.92 Å². The molecule has 0 bridgehead atoms. The summed E-state index contributed by atoms with van der Waals surface area (Å²) in [5, 5.41) is 8.54. The lowest BCUT2D eigenvalue weighted by atomic mass is 9.73. The predicted octanol–water partition coefficient (Wildman–Crippen LogP) is 2.48. The Morgan fingerprint density at radius 3 is 2.54 bits per heavy atom. The van der Waals surface area contributed by atoms with Crippen LogP contribution in [-0.2, 0) is 4.79 Å². The van der Waals surface area contributed by atoms with Gasteiger partial charge in [0.1, 0.15) is 0 Å². The topological polar surface area (TPSA) is 37.3 Å². The van der Waals surface area contributed by atoms with E-state index in [2.05, 4.69) is 6.92 Å². The van der Waals surface area contributed by atoms with E-state index in [4.69, 9.17) is 5.11 Å². The van der Waals surface area contributed by atoms with Gasteiger partial charge in [0.05, 0.1) is 0 Å². The molecule has 4 atom stereocenters. The molecule has 0 radical (unpaired) electrons. The van der Waals surface area contributed by atoms with Crippen molar-refractivity contribution >= 4 is 5.97 Å². The molecule has 3 heteroatoms. The molecule has 1 saturated carbocycles.